The van der Waals surface area contributed by atoms with Crippen molar-refractivity contribution in [3.05, 3.63) is 60.0 Å². The fourth-order valence-corrected chi connectivity index (χ4v) is 3.66. The van der Waals surface area contributed by atoms with Crippen LogP contribution >= 0.6 is 0 Å². The van der Waals surface area contributed by atoms with E-state index in [0.717, 1.165) is 44.0 Å². The second kappa shape index (κ2) is 9.15. The Morgan fingerprint density at radius 3 is 2.86 bits per heavy atom. The van der Waals surface area contributed by atoms with Crippen LogP contribution in [0, 0.1) is 6.92 Å². The molecule has 1 fully saturated rings. The quantitative estimate of drug-likeness (QED) is 0.658. The van der Waals surface area contributed by atoms with Crippen molar-refractivity contribution in [3.63, 3.8) is 0 Å². The molecule has 0 aliphatic carbocycles. The van der Waals surface area contributed by atoms with E-state index in [1.54, 1.807) is 6.20 Å². The van der Waals surface area contributed by atoms with Crippen LogP contribution < -0.4 is 5.32 Å². The summed E-state index contributed by atoms with van der Waals surface area (Å²) in [5.74, 6) is 1.91. The Morgan fingerprint density at radius 1 is 1.24 bits per heavy atom. The molecule has 1 saturated heterocycles. The third kappa shape index (κ3) is 4.99. The molecule has 152 valence electrons. The molecule has 1 aliphatic heterocycles. The maximum Gasteiger partial charge on any atom is 0.258 e. The number of pyridine rings is 1. The highest BCUT2D eigenvalue weighted by molar-refractivity contribution is 5.58. The average Bonchev–Trinajstić information content (AvgIpc) is 3.19. The van der Waals surface area contributed by atoms with Crippen LogP contribution in [0.5, 0.6) is 0 Å². The molecule has 7 heteroatoms. The molecule has 0 amide bonds. The lowest BCUT2D eigenvalue weighted by atomic mass is 10.1. The third-order valence-electron chi connectivity index (χ3n) is 5.18. The molecule has 4 rings (SSSR count). The number of aryl methyl sites for hydroxylation is 1. The molecule has 3 aromatic rings. The van der Waals surface area contributed by atoms with Gasteiger partial charge in [0.05, 0.1) is 18.8 Å². The summed E-state index contributed by atoms with van der Waals surface area (Å²) in [4.78, 5) is 11.2. The summed E-state index contributed by atoms with van der Waals surface area (Å²) in [5, 5.41) is 7.41. The van der Waals surface area contributed by atoms with E-state index < -0.39 is 0 Å². The second-order valence-corrected chi connectivity index (χ2v) is 7.37. The molecule has 7 nitrogen and oxygen atoms in total. The summed E-state index contributed by atoms with van der Waals surface area (Å²) in [7, 11) is 0. The lowest BCUT2D eigenvalue weighted by Gasteiger charge is -2.37. The highest BCUT2D eigenvalue weighted by Gasteiger charge is 2.27. The molecule has 0 radical (unpaired) electrons. The van der Waals surface area contributed by atoms with Gasteiger partial charge in [-0.05, 0) is 31.0 Å². The van der Waals surface area contributed by atoms with Crippen molar-refractivity contribution in [1.29, 1.82) is 0 Å². The van der Waals surface area contributed by atoms with Gasteiger partial charge in [0.1, 0.15) is 5.82 Å². The summed E-state index contributed by atoms with van der Waals surface area (Å²) in [6.45, 7) is 7.51. The molecular weight excluding hydrogens is 366 g/mol. The zero-order valence-electron chi connectivity index (χ0n) is 16.9. The SMILES string of the molecule is CCC(Nc1cc(-c2nc(C)no2)ccn1)C1CN(Cc2ccccc2)CCO1. The number of morpholine rings is 1. The Labute approximate surface area is 171 Å². The van der Waals surface area contributed by atoms with E-state index in [4.69, 9.17) is 9.26 Å². The predicted octanol–water partition coefficient (Wildman–Crippen LogP) is 3.53. The Morgan fingerprint density at radius 2 is 2.10 bits per heavy atom. The molecule has 0 bridgehead atoms. The number of aromatic nitrogens is 3. The molecule has 1 N–H and O–H groups in total. The number of hydrogen-bond acceptors (Lipinski definition) is 7. The molecule has 29 heavy (non-hydrogen) atoms. The Bertz CT molecular complexity index is 914. The van der Waals surface area contributed by atoms with Gasteiger partial charge in [0.2, 0.25) is 0 Å². The van der Waals surface area contributed by atoms with E-state index in [1.807, 2.05) is 19.1 Å². The van der Waals surface area contributed by atoms with Gasteiger partial charge < -0.3 is 14.6 Å². The molecule has 2 aromatic heterocycles. The third-order valence-corrected chi connectivity index (χ3v) is 5.18. The summed E-state index contributed by atoms with van der Waals surface area (Å²) in [5.41, 5.74) is 2.19. The van der Waals surface area contributed by atoms with Gasteiger partial charge in [-0.2, -0.15) is 4.98 Å². The van der Waals surface area contributed by atoms with Crippen LogP contribution in [0.15, 0.2) is 53.2 Å². The van der Waals surface area contributed by atoms with Crippen molar-refractivity contribution in [2.45, 2.75) is 39.0 Å². The number of benzene rings is 1. The maximum absolute atomic E-state index is 6.12. The molecule has 1 aromatic carbocycles. The summed E-state index contributed by atoms with van der Waals surface area (Å²) in [6.07, 6.45) is 2.80. The van der Waals surface area contributed by atoms with Crippen molar-refractivity contribution >= 4 is 5.82 Å². The molecule has 2 unspecified atom stereocenters. The van der Waals surface area contributed by atoms with Crippen molar-refractivity contribution in [2.24, 2.45) is 0 Å². The Balaban J connectivity index is 1.42. The van der Waals surface area contributed by atoms with Crippen molar-refractivity contribution in [2.75, 3.05) is 25.0 Å². The number of nitrogens with zero attached hydrogens (tertiary/aromatic N) is 4. The van der Waals surface area contributed by atoms with E-state index in [0.29, 0.717) is 11.7 Å². The number of anilines is 1. The van der Waals surface area contributed by atoms with Gasteiger partial charge in [0.15, 0.2) is 5.82 Å². The summed E-state index contributed by atoms with van der Waals surface area (Å²) in [6, 6.07) is 14.6. The zero-order chi connectivity index (χ0) is 20.1. The predicted molar refractivity (Wildman–Crippen MR) is 111 cm³/mol. The van der Waals surface area contributed by atoms with Gasteiger partial charge in [-0.15, -0.1) is 0 Å². The highest BCUT2D eigenvalue weighted by Crippen LogP contribution is 2.22. The maximum atomic E-state index is 6.12. The Kier molecular flexibility index (Phi) is 6.17. The number of rotatable bonds is 7. The van der Waals surface area contributed by atoms with Gasteiger partial charge in [0, 0.05) is 31.4 Å². The monoisotopic (exact) mass is 393 g/mol. The van der Waals surface area contributed by atoms with Crippen LogP contribution in [0.25, 0.3) is 11.5 Å². The van der Waals surface area contributed by atoms with Gasteiger partial charge in [-0.3, -0.25) is 4.90 Å². The molecule has 3 heterocycles. The van der Waals surface area contributed by atoms with Crippen molar-refractivity contribution < 1.29 is 9.26 Å². The molecule has 1 aliphatic rings. The van der Waals surface area contributed by atoms with Crippen LogP contribution in [0.3, 0.4) is 0 Å². The lowest BCUT2D eigenvalue weighted by molar-refractivity contribution is -0.0403. The minimum atomic E-state index is 0.105. The average molecular weight is 393 g/mol. The Hall–Kier alpha value is -2.77. The standard InChI is InChI=1S/C22H27N5O2/c1-3-19(20-15-27(11-12-28-20)14-17-7-5-4-6-8-17)25-21-13-18(9-10-23-21)22-24-16(2)26-29-22/h4-10,13,19-20H,3,11-12,14-15H2,1-2H3,(H,23,25). The van der Waals surface area contributed by atoms with Crippen LogP contribution in [-0.2, 0) is 11.3 Å². The first-order chi connectivity index (χ1) is 14.2. The smallest absolute Gasteiger partial charge is 0.258 e. The van der Waals surface area contributed by atoms with Gasteiger partial charge >= 0.3 is 0 Å². The molecule has 0 spiro atoms. The normalized spacial score (nSPS) is 18.5. The van der Waals surface area contributed by atoms with Crippen LogP contribution in [0.2, 0.25) is 0 Å². The largest absolute Gasteiger partial charge is 0.373 e. The molecule has 2 atom stereocenters. The van der Waals surface area contributed by atoms with Gasteiger partial charge in [0.25, 0.3) is 5.89 Å². The fourth-order valence-electron chi connectivity index (χ4n) is 3.66. The lowest BCUT2D eigenvalue weighted by Crippen LogP contribution is -2.49. The van der Waals surface area contributed by atoms with E-state index in [-0.39, 0.29) is 12.1 Å². The molecule has 0 saturated carbocycles. The van der Waals surface area contributed by atoms with Crippen molar-refractivity contribution in [3.8, 4) is 11.5 Å². The number of nitrogens with one attached hydrogen (secondary N) is 1. The topological polar surface area (TPSA) is 76.3 Å². The van der Waals surface area contributed by atoms with Crippen molar-refractivity contribution in [1.82, 2.24) is 20.0 Å². The first-order valence-electron chi connectivity index (χ1n) is 10.1. The number of ether oxygens (including phenoxy) is 1. The zero-order valence-corrected chi connectivity index (χ0v) is 16.9. The number of hydrogen-bond donors (Lipinski definition) is 1. The minimum absolute atomic E-state index is 0.105. The van der Waals surface area contributed by atoms with Crippen LogP contribution in [0.4, 0.5) is 5.82 Å². The van der Waals surface area contributed by atoms with Gasteiger partial charge in [-0.1, -0.05) is 42.4 Å². The van der Waals surface area contributed by atoms with E-state index in [1.165, 1.54) is 5.56 Å². The van der Waals surface area contributed by atoms with Gasteiger partial charge in [-0.25, -0.2) is 4.98 Å². The first-order valence-corrected chi connectivity index (χ1v) is 10.1. The first kappa shape index (κ1) is 19.5. The van der Waals surface area contributed by atoms with Crippen LogP contribution in [0.1, 0.15) is 24.7 Å². The summed E-state index contributed by atoms with van der Waals surface area (Å²) < 4.78 is 11.4. The minimum Gasteiger partial charge on any atom is -0.373 e. The van der Waals surface area contributed by atoms with E-state index in [9.17, 15) is 0 Å². The van der Waals surface area contributed by atoms with E-state index >= 15 is 0 Å². The highest BCUT2D eigenvalue weighted by atomic mass is 16.5. The summed E-state index contributed by atoms with van der Waals surface area (Å²) >= 11 is 0. The molecular formula is C22H27N5O2. The second-order valence-electron chi connectivity index (χ2n) is 7.37. The fraction of sp³-hybridized carbons (Fsp3) is 0.409. The van der Waals surface area contributed by atoms with Crippen LogP contribution in [-0.4, -0.2) is 51.9 Å². The van der Waals surface area contributed by atoms with E-state index in [2.05, 4.69) is 62.6 Å².